The van der Waals surface area contributed by atoms with Crippen molar-refractivity contribution in [3.8, 4) is 22.6 Å². The Hall–Kier alpha value is -2.11. The minimum atomic E-state index is -0.161. The third-order valence-electron chi connectivity index (χ3n) is 4.31. The number of hydrogen-bond donors (Lipinski definition) is 1. The van der Waals surface area contributed by atoms with E-state index in [1.807, 2.05) is 18.2 Å². The molecule has 0 fully saturated rings. The van der Waals surface area contributed by atoms with Crippen LogP contribution in [0.5, 0.6) is 5.75 Å². The Morgan fingerprint density at radius 1 is 1.12 bits per heavy atom. The molecule has 4 rings (SSSR count). The lowest BCUT2D eigenvalue weighted by Crippen LogP contribution is -2.30. The molecule has 0 atom stereocenters. The van der Waals surface area contributed by atoms with Crippen LogP contribution >= 0.6 is 23.8 Å². The molecular weight excluding hydrogens is 336 g/mol. The molecule has 1 aliphatic heterocycles. The highest BCUT2D eigenvalue weighted by molar-refractivity contribution is 7.71. The summed E-state index contributed by atoms with van der Waals surface area (Å²) in [6.07, 6.45) is 0. The number of hydrogen-bond acceptors (Lipinski definition) is 4. The number of methoxy groups -OCH3 is 1. The Bertz CT molecular complexity index is 985. The van der Waals surface area contributed by atoms with Gasteiger partial charge in [-0.25, -0.2) is 0 Å². The highest BCUT2D eigenvalue weighted by atomic mass is 32.1. The van der Waals surface area contributed by atoms with Crippen LogP contribution in [0.15, 0.2) is 48.5 Å². The summed E-state index contributed by atoms with van der Waals surface area (Å²) >= 11 is 7.56. The maximum absolute atomic E-state index is 5.86. The van der Waals surface area contributed by atoms with Gasteiger partial charge >= 0.3 is 0 Å². The number of aromatic nitrogens is 1. The van der Waals surface area contributed by atoms with E-state index >= 15 is 0 Å². The number of fused-ring (bicyclic) bond motifs is 3. The molecule has 0 saturated heterocycles. The fourth-order valence-electron chi connectivity index (χ4n) is 3.15. The Morgan fingerprint density at radius 2 is 1.92 bits per heavy atom. The van der Waals surface area contributed by atoms with E-state index in [9.17, 15) is 0 Å². The zero-order valence-electron chi connectivity index (χ0n) is 13.8. The fraction of sp³-hybridized carbons (Fsp3) is 0.211. The first-order valence-electron chi connectivity index (χ1n) is 7.80. The molecular formula is C19H18N2OS2. The Labute approximate surface area is 150 Å². The first kappa shape index (κ1) is 15.4. The smallest absolute Gasteiger partial charge is 0.129 e. The van der Waals surface area contributed by atoms with Gasteiger partial charge in [0, 0.05) is 22.9 Å². The average Bonchev–Trinajstić information content (AvgIpc) is 2.94. The summed E-state index contributed by atoms with van der Waals surface area (Å²) in [4.78, 5) is 1.26. The second-order valence-corrected chi connectivity index (χ2v) is 7.73. The first-order valence-corrected chi connectivity index (χ1v) is 8.98. The molecule has 0 bridgehead atoms. The molecule has 0 radical (unpaired) electrons. The van der Waals surface area contributed by atoms with E-state index in [0.717, 1.165) is 27.3 Å². The summed E-state index contributed by atoms with van der Waals surface area (Å²) in [6, 6.07) is 16.4. The van der Waals surface area contributed by atoms with Crippen molar-refractivity contribution in [1.29, 1.82) is 0 Å². The van der Waals surface area contributed by atoms with Gasteiger partial charge in [0.2, 0.25) is 0 Å². The van der Waals surface area contributed by atoms with E-state index in [2.05, 4.69) is 53.5 Å². The van der Waals surface area contributed by atoms with Gasteiger partial charge in [-0.1, -0.05) is 48.0 Å². The second kappa shape index (κ2) is 5.46. The van der Waals surface area contributed by atoms with Gasteiger partial charge in [0.15, 0.2) is 0 Å². The van der Waals surface area contributed by atoms with Crippen LogP contribution in [0.1, 0.15) is 18.7 Å². The van der Waals surface area contributed by atoms with Crippen LogP contribution in [0, 0.1) is 4.64 Å². The van der Waals surface area contributed by atoms with Gasteiger partial charge < -0.3 is 10.1 Å². The molecule has 24 heavy (non-hydrogen) atoms. The number of rotatable bonds is 2. The largest absolute Gasteiger partial charge is 0.497 e. The Kier molecular flexibility index (Phi) is 3.51. The predicted molar refractivity (Wildman–Crippen MR) is 103 cm³/mol. The number of anilines is 1. The quantitative estimate of drug-likeness (QED) is 0.606. The maximum Gasteiger partial charge on any atom is 0.129 e. The normalized spacial score (nSPS) is 14.5. The van der Waals surface area contributed by atoms with Gasteiger partial charge in [0.05, 0.1) is 23.2 Å². The highest BCUT2D eigenvalue weighted by Crippen LogP contribution is 2.47. The molecule has 2 heterocycles. The zero-order valence-corrected chi connectivity index (χ0v) is 15.4. The number of benzene rings is 2. The lowest BCUT2D eigenvalue weighted by Gasteiger charge is -2.33. The van der Waals surface area contributed by atoms with Crippen LogP contribution in [0.4, 0.5) is 5.69 Å². The molecule has 2 aromatic carbocycles. The predicted octanol–water partition coefficient (Wildman–Crippen LogP) is 5.60. The van der Waals surface area contributed by atoms with Gasteiger partial charge in [0.25, 0.3) is 0 Å². The van der Waals surface area contributed by atoms with Crippen molar-refractivity contribution in [3.63, 3.8) is 0 Å². The molecule has 3 aromatic rings. The van der Waals surface area contributed by atoms with Crippen molar-refractivity contribution in [2.45, 2.75) is 19.4 Å². The topological polar surface area (TPSA) is 26.2 Å². The van der Waals surface area contributed by atoms with Crippen LogP contribution in [0.25, 0.3) is 16.8 Å². The van der Waals surface area contributed by atoms with Crippen molar-refractivity contribution < 1.29 is 4.74 Å². The van der Waals surface area contributed by atoms with Crippen molar-refractivity contribution in [2.24, 2.45) is 0 Å². The van der Waals surface area contributed by atoms with Crippen molar-refractivity contribution in [1.82, 2.24) is 3.96 Å². The third kappa shape index (κ3) is 2.27. The van der Waals surface area contributed by atoms with Gasteiger partial charge in [0.1, 0.15) is 10.4 Å². The molecule has 0 spiro atoms. The van der Waals surface area contributed by atoms with Gasteiger partial charge in [-0.15, -0.1) is 0 Å². The highest BCUT2D eigenvalue weighted by Gasteiger charge is 2.34. The monoisotopic (exact) mass is 354 g/mol. The van der Waals surface area contributed by atoms with E-state index in [1.54, 1.807) is 18.6 Å². The number of nitrogens with one attached hydrogen (secondary N) is 1. The summed E-state index contributed by atoms with van der Waals surface area (Å²) < 4.78 is 8.33. The van der Waals surface area contributed by atoms with E-state index in [4.69, 9.17) is 17.0 Å². The molecule has 1 aliphatic rings. The third-order valence-corrected chi connectivity index (χ3v) is 6.28. The zero-order chi connectivity index (χ0) is 16.9. The SMILES string of the molecule is COc1cccc(-n2sc3c(c2=S)-c2ccccc2NC3(C)C)c1. The van der Waals surface area contributed by atoms with Crippen LogP contribution in [-0.4, -0.2) is 11.1 Å². The van der Waals surface area contributed by atoms with E-state index in [1.165, 1.54) is 10.4 Å². The average molecular weight is 355 g/mol. The van der Waals surface area contributed by atoms with Crippen LogP contribution in [-0.2, 0) is 5.54 Å². The molecule has 5 heteroatoms. The summed E-state index contributed by atoms with van der Waals surface area (Å²) in [5.41, 5.74) is 4.35. The minimum Gasteiger partial charge on any atom is -0.497 e. The minimum absolute atomic E-state index is 0.161. The van der Waals surface area contributed by atoms with Gasteiger partial charge in [-0.2, -0.15) is 0 Å². The molecule has 3 nitrogen and oxygen atoms in total. The first-order chi connectivity index (χ1) is 11.5. The molecule has 0 saturated carbocycles. The van der Waals surface area contributed by atoms with Crippen molar-refractivity contribution in [3.05, 3.63) is 58.0 Å². The van der Waals surface area contributed by atoms with Crippen LogP contribution in [0.2, 0.25) is 0 Å². The van der Waals surface area contributed by atoms with Crippen LogP contribution in [0.3, 0.4) is 0 Å². The molecule has 122 valence electrons. The lowest BCUT2D eigenvalue weighted by atomic mass is 9.90. The van der Waals surface area contributed by atoms with Crippen molar-refractivity contribution >= 4 is 29.4 Å². The van der Waals surface area contributed by atoms with E-state index in [-0.39, 0.29) is 5.54 Å². The summed E-state index contributed by atoms with van der Waals surface area (Å²) in [6.45, 7) is 4.39. The fourth-order valence-corrected chi connectivity index (χ4v) is 4.80. The summed E-state index contributed by atoms with van der Waals surface area (Å²) in [5, 5.41) is 3.63. The van der Waals surface area contributed by atoms with Gasteiger partial charge in [-0.3, -0.25) is 3.96 Å². The Morgan fingerprint density at radius 3 is 2.71 bits per heavy atom. The molecule has 0 amide bonds. The summed E-state index contributed by atoms with van der Waals surface area (Å²) in [5.74, 6) is 0.832. The molecule has 1 aromatic heterocycles. The molecule has 0 unspecified atom stereocenters. The number of ether oxygens (including phenoxy) is 1. The van der Waals surface area contributed by atoms with E-state index in [0.29, 0.717) is 0 Å². The Balaban J connectivity index is 1.99. The van der Waals surface area contributed by atoms with E-state index < -0.39 is 0 Å². The number of nitrogens with zero attached hydrogens (tertiary/aromatic N) is 1. The van der Waals surface area contributed by atoms with Gasteiger partial charge in [-0.05, 0) is 32.0 Å². The summed E-state index contributed by atoms with van der Waals surface area (Å²) in [7, 11) is 1.68. The van der Waals surface area contributed by atoms with Crippen molar-refractivity contribution in [2.75, 3.05) is 12.4 Å². The standard InChI is InChI=1S/C19H18N2OS2/c1-19(2)17-16(14-9-4-5-10-15(14)20-19)18(23)21(24-17)12-7-6-8-13(11-12)22-3/h4-11,20H,1-3H3. The maximum atomic E-state index is 5.86. The van der Waals surface area contributed by atoms with Crippen LogP contribution < -0.4 is 10.1 Å². The lowest BCUT2D eigenvalue weighted by molar-refractivity contribution is 0.414. The number of para-hydroxylation sites is 1. The molecule has 0 aliphatic carbocycles. The second-order valence-electron chi connectivity index (χ2n) is 6.39. The molecule has 1 N–H and O–H groups in total.